The number of nitrogens with zero attached hydrogens (tertiary/aromatic N) is 3. The van der Waals surface area contributed by atoms with Crippen molar-refractivity contribution in [3.05, 3.63) is 24.0 Å². The first-order chi connectivity index (χ1) is 11.0. The van der Waals surface area contributed by atoms with Gasteiger partial charge in [0.1, 0.15) is 5.65 Å². The van der Waals surface area contributed by atoms with E-state index in [1.165, 1.54) is 5.56 Å². The van der Waals surface area contributed by atoms with E-state index in [4.69, 9.17) is 0 Å². The number of nitrogens with one attached hydrogen (secondary N) is 1. The molecule has 122 valence electrons. The highest BCUT2D eigenvalue weighted by Gasteiger charge is 2.25. The summed E-state index contributed by atoms with van der Waals surface area (Å²) in [5.74, 6) is 0.154. The Morgan fingerprint density at radius 3 is 2.78 bits per heavy atom. The van der Waals surface area contributed by atoms with Crippen molar-refractivity contribution in [2.45, 2.75) is 46.1 Å². The molecule has 0 atom stereocenters. The maximum Gasteiger partial charge on any atom is 0.328 e. The first-order valence-corrected chi connectivity index (χ1v) is 8.11. The molecule has 6 heteroatoms. The molecule has 3 rings (SSSR count). The van der Waals surface area contributed by atoms with Crippen LogP contribution in [-0.4, -0.2) is 28.0 Å². The second-order valence-electron chi connectivity index (χ2n) is 6.25. The molecule has 1 saturated heterocycles. The van der Waals surface area contributed by atoms with E-state index in [0.29, 0.717) is 18.9 Å². The van der Waals surface area contributed by atoms with Crippen LogP contribution in [0.15, 0.2) is 18.5 Å². The highest BCUT2D eigenvalue weighted by atomic mass is 16.2. The van der Waals surface area contributed by atoms with Crippen LogP contribution in [0.4, 0.5) is 10.5 Å². The standard InChI is InChI=1S/C17H22N4O2/c1-4-6-20-10-14(11(2)3)13-8-12(9-18-16(13)20)21-7-5-15(22)19-17(21)23/h8-11H,4-7H2,1-3H3,(H,19,22,23). The van der Waals surface area contributed by atoms with Crippen LogP contribution in [0.25, 0.3) is 11.0 Å². The number of pyridine rings is 1. The molecule has 2 aromatic rings. The molecule has 1 aliphatic heterocycles. The first-order valence-electron chi connectivity index (χ1n) is 8.11. The fourth-order valence-corrected chi connectivity index (χ4v) is 3.02. The minimum atomic E-state index is -0.374. The number of carbonyl (C=O) groups excluding carboxylic acids is 2. The summed E-state index contributed by atoms with van der Waals surface area (Å²) in [6, 6.07) is 1.64. The molecule has 0 radical (unpaired) electrons. The summed E-state index contributed by atoms with van der Waals surface area (Å²) in [6.45, 7) is 7.77. The van der Waals surface area contributed by atoms with E-state index >= 15 is 0 Å². The Balaban J connectivity index is 2.05. The Morgan fingerprint density at radius 1 is 1.35 bits per heavy atom. The second-order valence-corrected chi connectivity index (χ2v) is 6.25. The average Bonchev–Trinajstić information content (AvgIpc) is 2.86. The van der Waals surface area contributed by atoms with Gasteiger partial charge >= 0.3 is 6.03 Å². The van der Waals surface area contributed by atoms with Gasteiger partial charge in [-0.25, -0.2) is 9.78 Å². The van der Waals surface area contributed by atoms with Gasteiger partial charge in [-0.1, -0.05) is 20.8 Å². The molecule has 1 aliphatic rings. The number of amides is 3. The highest BCUT2D eigenvalue weighted by molar-refractivity contribution is 6.06. The molecule has 0 aliphatic carbocycles. The Labute approximate surface area is 135 Å². The second kappa shape index (κ2) is 6.02. The van der Waals surface area contributed by atoms with Crippen LogP contribution in [0.3, 0.4) is 0 Å². The van der Waals surface area contributed by atoms with Gasteiger partial charge in [0, 0.05) is 31.1 Å². The zero-order chi connectivity index (χ0) is 16.6. The van der Waals surface area contributed by atoms with Crippen molar-refractivity contribution in [2.75, 3.05) is 11.4 Å². The van der Waals surface area contributed by atoms with Crippen molar-refractivity contribution in [2.24, 2.45) is 0 Å². The molecule has 3 amide bonds. The summed E-state index contributed by atoms with van der Waals surface area (Å²) < 4.78 is 2.17. The summed E-state index contributed by atoms with van der Waals surface area (Å²) in [6.07, 6.45) is 5.24. The number of hydrogen-bond donors (Lipinski definition) is 1. The van der Waals surface area contributed by atoms with E-state index in [2.05, 4.69) is 41.8 Å². The molecular formula is C17H22N4O2. The van der Waals surface area contributed by atoms with Gasteiger partial charge in [-0.2, -0.15) is 0 Å². The van der Waals surface area contributed by atoms with Crippen molar-refractivity contribution in [1.82, 2.24) is 14.9 Å². The van der Waals surface area contributed by atoms with Gasteiger partial charge in [0.25, 0.3) is 0 Å². The summed E-state index contributed by atoms with van der Waals surface area (Å²) >= 11 is 0. The largest absolute Gasteiger partial charge is 0.332 e. The molecular weight excluding hydrogens is 292 g/mol. The quantitative estimate of drug-likeness (QED) is 0.943. The number of urea groups is 1. The minimum Gasteiger partial charge on any atom is -0.332 e. The van der Waals surface area contributed by atoms with Gasteiger partial charge in [0.05, 0.1) is 11.9 Å². The third-order valence-electron chi connectivity index (χ3n) is 4.18. The van der Waals surface area contributed by atoms with Crippen LogP contribution in [0, 0.1) is 0 Å². The van der Waals surface area contributed by atoms with Gasteiger partial charge in [-0.05, 0) is 24.0 Å². The van der Waals surface area contributed by atoms with E-state index in [0.717, 1.165) is 29.7 Å². The van der Waals surface area contributed by atoms with Crippen molar-refractivity contribution in [3.8, 4) is 0 Å². The van der Waals surface area contributed by atoms with Crippen LogP contribution >= 0.6 is 0 Å². The Morgan fingerprint density at radius 2 is 2.13 bits per heavy atom. The lowest BCUT2D eigenvalue weighted by molar-refractivity contribution is -0.120. The maximum atomic E-state index is 12.0. The summed E-state index contributed by atoms with van der Waals surface area (Å²) in [5, 5.41) is 3.43. The predicted molar refractivity (Wildman–Crippen MR) is 89.6 cm³/mol. The van der Waals surface area contributed by atoms with E-state index in [9.17, 15) is 9.59 Å². The van der Waals surface area contributed by atoms with Gasteiger partial charge in [0.15, 0.2) is 0 Å². The third kappa shape index (κ3) is 2.81. The van der Waals surface area contributed by atoms with Crippen LogP contribution in [-0.2, 0) is 11.3 Å². The number of anilines is 1. The molecule has 0 unspecified atom stereocenters. The highest BCUT2D eigenvalue weighted by Crippen LogP contribution is 2.30. The molecule has 6 nitrogen and oxygen atoms in total. The molecule has 1 N–H and O–H groups in total. The van der Waals surface area contributed by atoms with E-state index in [-0.39, 0.29) is 11.9 Å². The number of rotatable bonds is 4. The Hall–Kier alpha value is -2.37. The molecule has 2 aromatic heterocycles. The lowest BCUT2D eigenvalue weighted by atomic mass is 10.0. The Kier molecular flexibility index (Phi) is 4.07. The van der Waals surface area contributed by atoms with Gasteiger partial charge in [-0.3, -0.25) is 15.0 Å². The maximum absolute atomic E-state index is 12.0. The van der Waals surface area contributed by atoms with Gasteiger partial charge < -0.3 is 4.57 Å². The van der Waals surface area contributed by atoms with Crippen LogP contribution in [0.2, 0.25) is 0 Å². The van der Waals surface area contributed by atoms with Crippen molar-refractivity contribution >= 4 is 28.7 Å². The van der Waals surface area contributed by atoms with Crippen LogP contribution < -0.4 is 10.2 Å². The van der Waals surface area contributed by atoms with Crippen LogP contribution in [0.5, 0.6) is 0 Å². The molecule has 0 aromatic carbocycles. The smallest absolute Gasteiger partial charge is 0.328 e. The monoisotopic (exact) mass is 314 g/mol. The van der Waals surface area contributed by atoms with E-state index in [1.807, 2.05) is 6.07 Å². The number of aromatic nitrogens is 2. The lowest BCUT2D eigenvalue weighted by Crippen LogP contribution is -2.49. The lowest BCUT2D eigenvalue weighted by Gasteiger charge is -2.26. The molecule has 23 heavy (non-hydrogen) atoms. The number of aryl methyl sites for hydroxylation is 1. The molecule has 1 fully saturated rings. The van der Waals surface area contributed by atoms with Crippen molar-refractivity contribution < 1.29 is 9.59 Å². The molecule has 0 saturated carbocycles. The fourth-order valence-electron chi connectivity index (χ4n) is 3.02. The first kappa shape index (κ1) is 15.5. The molecule has 3 heterocycles. The third-order valence-corrected chi connectivity index (χ3v) is 4.18. The number of imide groups is 1. The minimum absolute atomic E-state index is 0.225. The fraction of sp³-hybridized carbons (Fsp3) is 0.471. The van der Waals surface area contributed by atoms with E-state index < -0.39 is 0 Å². The number of hydrogen-bond acceptors (Lipinski definition) is 3. The van der Waals surface area contributed by atoms with E-state index in [1.54, 1.807) is 11.1 Å². The number of fused-ring (bicyclic) bond motifs is 1. The molecule has 0 bridgehead atoms. The summed E-state index contributed by atoms with van der Waals surface area (Å²) in [7, 11) is 0. The zero-order valence-corrected chi connectivity index (χ0v) is 13.8. The number of carbonyl (C=O) groups is 2. The zero-order valence-electron chi connectivity index (χ0n) is 13.8. The van der Waals surface area contributed by atoms with Crippen molar-refractivity contribution in [3.63, 3.8) is 0 Å². The van der Waals surface area contributed by atoms with Crippen LogP contribution in [0.1, 0.15) is 45.1 Å². The normalized spacial score (nSPS) is 15.6. The average molecular weight is 314 g/mol. The summed E-state index contributed by atoms with van der Waals surface area (Å²) in [5.41, 5.74) is 2.92. The topological polar surface area (TPSA) is 67.2 Å². The van der Waals surface area contributed by atoms with Gasteiger partial charge in [-0.15, -0.1) is 0 Å². The SMILES string of the molecule is CCCn1cc(C(C)C)c2cc(N3CCC(=O)NC3=O)cnc21. The summed E-state index contributed by atoms with van der Waals surface area (Å²) in [4.78, 5) is 29.5. The van der Waals surface area contributed by atoms with Crippen molar-refractivity contribution in [1.29, 1.82) is 0 Å². The predicted octanol–water partition coefficient (Wildman–Crippen LogP) is 3.02. The Bertz CT molecular complexity index is 763. The molecule has 0 spiro atoms. The van der Waals surface area contributed by atoms with Gasteiger partial charge in [0.2, 0.25) is 5.91 Å².